The van der Waals surface area contributed by atoms with Gasteiger partial charge in [0.2, 0.25) is 11.8 Å². The van der Waals surface area contributed by atoms with E-state index < -0.39 is 6.04 Å². The molecule has 2 fully saturated rings. The molecule has 0 bridgehead atoms. The third-order valence-electron chi connectivity index (χ3n) is 4.24. The lowest BCUT2D eigenvalue weighted by Crippen LogP contribution is -2.59. The molecule has 4 nitrogen and oxygen atoms in total. The number of carbonyl (C=O) groups excluding carboxylic acids is 2. The van der Waals surface area contributed by atoms with E-state index in [-0.39, 0.29) is 23.8 Å². The number of carbonyl (C=O) groups is 2. The van der Waals surface area contributed by atoms with Crippen LogP contribution in [0.25, 0.3) is 0 Å². The van der Waals surface area contributed by atoms with Gasteiger partial charge in [-0.15, -0.1) is 0 Å². The fourth-order valence-corrected chi connectivity index (χ4v) is 2.73. The summed E-state index contributed by atoms with van der Waals surface area (Å²) in [6.45, 7) is 3.10. The van der Waals surface area contributed by atoms with Crippen molar-refractivity contribution in [2.45, 2.75) is 32.2 Å². The molecule has 1 saturated carbocycles. The Hall–Kier alpha value is -1.84. The van der Waals surface area contributed by atoms with E-state index in [0.29, 0.717) is 13.0 Å². The van der Waals surface area contributed by atoms with Gasteiger partial charge in [0.1, 0.15) is 6.04 Å². The smallest absolute Gasteiger partial charge is 0.245 e. The SMILES string of the molecule is CC1(CN2CC(=O)NC(Cc3ccccc3)C2=O)CC1. The van der Waals surface area contributed by atoms with E-state index in [9.17, 15) is 9.59 Å². The van der Waals surface area contributed by atoms with Crippen LogP contribution >= 0.6 is 0 Å². The first-order valence-corrected chi connectivity index (χ1v) is 7.18. The van der Waals surface area contributed by atoms with Crippen LogP contribution in [0.5, 0.6) is 0 Å². The van der Waals surface area contributed by atoms with Gasteiger partial charge in [-0.05, 0) is 23.8 Å². The third-order valence-corrected chi connectivity index (χ3v) is 4.24. The zero-order chi connectivity index (χ0) is 14.2. The molecular weight excluding hydrogens is 252 g/mol. The standard InChI is InChI=1S/C16H20N2O2/c1-16(7-8-16)11-18-10-14(19)17-13(15(18)20)9-12-5-3-2-4-6-12/h2-6,13H,7-11H2,1H3,(H,17,19). The van der Waals surface area contributed by atoms with Crippen LogP contribution in [0, 0.1) is 5.41 Å². The maximum atomic E-state index is 12.5. The zero-order valence-corrected chi connectivity index (χ0v) is 11.8. The molecule has 1 saturated heterocycles. The quantitative estimate of drug-likeness (QED) is 0.899. The highest BCUT2D eigenvalue weighted by molar-refractivity contribution is 5.95. The molecule has 0 radical (unpaired) electrons. The van der Waals surface area contributed by atoms with Crippen LogP contribution in [0.3, 0.4) is 0 Å². The molecule has 1 heterocycles. The van der Waals surface area contributed by atoms with Crippen molar-refractivity contribution in [3.63, 3.8) is 0 Å². The first-order chi connectivity index (χ1) is 9.56. The first-order valence-electron chi connectivity index (χ1n) is 7.18. The van der Waals surface area contributed by atoms with E-state index in [2.05, 4.69) is 12.2 Å². The van der Waals surface area contributed by atoms with E-state index in [0.717, 1.165) is 18.4 Å². The molecule has 1 aromatic carbocycles. The molecule has 0 spiro atoms. The van der Waals surface area contributed by atoms with Crippen LogP contribution in [0.15, 0.2) is 30.3 Å². The van der Waals surface area contributed by atoms with Crippen molar-refractivity contribution in [3.8, 4) is 0 Å². The largest absolute Gasteiger partial charge is 0.342 e. The number of hydrogen-bond donors (Lipinski definition) is 1. The fourth-order valence-electron chi connectivity index (χ4n) is 2.73. The molecule has 1 N–H and O–H groups in total. The van der Waals surface area contributed by atoms with E-state index in [4.69, 9.17) is 0 Å². The second-order valence-corrected chi connectivity index (χ2v) is 6.31. The number of nitrogens with zero attached hydrogens (tertiary/aromatic N) is 1. The second kappa shape index (κ2) is 4.93. The molecule has 4 heteroatoms. The minimum Gasteiger partial charge on any atom is -0.342 e. The van der Waals surface area contributed by atoms with Gasteiger partial charge < -0.3 is 10.2 Å². The zero-order valence-electron chi connectivity index (χ0n) is 11.8. The lowest BCUT2D eigenvalue weighted by Gasteiger charge is -2.34. The van der Waals surface area contributed by atoms with Crippen LogP contribution in [0.4, 0.5) is 0 Å². The number of benzene rings is 1. The van der Waals surface area contributed by atoms with Crippen molar-refractivity contribution in [3.05, 3.63) is 35.9 Å². The minimum atomic E-state index is -0.416. The summed E-state index contributed by atoms with van der Waals surface area (Å²) in [5.74, 6) is 0.0105. The normalized spacial score (nSPS) is 24.4. The van der Waals surface area contributed by atoms with E-state index in [1.165, 1.54) is 0 Å². The maximum Gasteiger partial charge on any atom is 0.245 e. The summed E-state index contributed by atoms with van der Waals surface area (Å²) in [5.41, 5.74) is 1.32. The van der Waals surface area contributed by atoms with Crippen LogP contribution < -0.4 is 5.32 Å². The van der Waals surface area contributed by atoms with Gasteiger partial charge in [0, 0.05) is 13.0 Å². The summed E-state index contributed by atoms with van der Waals surface area (Å²) in [6, 6.07) is 9.41. The Labute approximate surface area is 119 Å². The lowest BCUT2D eigenvalue weighted by atomic mass is 10.0. The highest BCUT2D eigenvalue weighted by Gasteiger charge is 2.42. The Balaban J connectivity index is 1.70. The van der Waals surface area contributed by atoms with Crippen LogP contribution in [-0.2, 0) is 16.0 Å². The van der Waals surface area contributed by atoms with Gasteiger partial charge in [-0.25, -0.2) is 0 Å². The third kappa shape index (κ3) is 2.84. The molecule has 2 aliphatic rings. The summed E-state index contributed by atoms with van der Waals surface area (Å²) in [6.07, 6.45) is 2.88. The molecule has 3 rings (SSSR count). The van der Waals surface area contributed by atoms with Gasteiger partial charge in [-0.3, -0.25) is 9.59 Å². The van der Waals surface area contributed by atoms with Crippen LogP contribution in [0.1, 0.15) is 25.3 Å². The first kappa shape index (κ1) is 13.2. The molecule has 1 atom stereocenters. The summed E-state index contributed by atoms with van der Waals surface area (Å²) in [4.78, 5) is 26.0. The number of amides is 2. The Morgan fingerprint density at radius 1 is 1.25 bits per heavy atom. The predicted molar refractivity (Wildman–Crippen MR) is 76.0 cm³/mol. The maximum absolute atomic E-state index is 12.5. The Morgan fingerprint density at radius 2 is 1.95 bits per heavy atom. The number of piperazine rings is 1. The minimum absolute atomic E-state index is 0.0465. The van der Waals surface area contributed by atoms with Crippen LogP contribution in [-0.4, -0.2) is 35.8 Å². The van der Waals surface area contributed by atoms with E-state index in [1.807, 2.05) is 30.3 Å². The van der Waals surface area contributed by atoms with Gasteiger partial charge >= 0.3 is 0 Å². The van der Waals surface area contributed by atoms with Gasteiger partial charge in [0.15, 0.2) is 0 Å². The summed E-state index contributed by atoms with van der Waals surface area (Å²) < 4.78 is 0. The van der Waals surface area contributed by atoms with Crippen molar-refractivity contribution in [1.82, 2.24) is 10.2 Å². The van der Waals surface area contributed by atoms with Gasteiger partial charge in [-0.1, -0.05) is 37.3 Å². The van der Waals surface area contributed by atoms with Crippen LogP contribution in [0.2, 0.25) is 0 Å². The molecule has 1 aliphatic heterocycles. The second-order valence-electron chi connectivity index (χ2n) is 6.31. The molecule has 0 aromatic heterocycles. The number of hydrogen-bond acceptors (Lipinski definition) is 2. The molecule has 20 heavy (non-hydrogen) atoms. The summed E-state index contributed by atoms with van der Waals surface area (Å²) in [7, 11) is 0. The predicted octanol–water partition coefficient (Wildman–Crippen LogP) is 1.36. The average Bonchev–Trinajstić information content (AvgIpc) is 3.14. The topological polar surface area (TPSA) is 49.4 Å². The van der Waals surface area contributed by atoms with Gasteiger partial charge in [0.25, 0.3) is 0 Å². The molecule has 2 amide bonds. The molecular formula is C16H20N2O2. The summed E-state index contributed by atoms with van der Waals surface area (Å²) >= 11 is 0. The van der Waals surface area contributed by atoms with Crippen molar-refractivity contribution < 1.29 is 9.59 Å². The lowest BCUT2D eigenvalue weighted by molar-refractivity contribution is -0.145. The van der Waals surface area contributed by atoms with Gasteiger partial charge in [0.05, 0.1) is 6.54 Å². The Kier molecular flexibility index (Phi) is 3.24. The van der Waals surface area contributed by atoms with E-state index >= 15 is 0 Å². The highest BCUT2D eigenvalue weighted by Crippen LogP contribution is 2.45. The fraction of sp³-hybridized carbons (Fsp3) is 0.500. The Morgan fingerprint density at radius 3 is 2.60 bits per heavy atom. The summed E-state index contributed by atoms with van der Waals surface area (Å²) in [5, 5.41) is 2.82. The van der Waals surface area contributed by atoms with E-state index in [1.54, 1.807) is 4.90 Å². The van der Waals surface area contributed by atoms with Crippen molar-refractivity contribution in [2.75, 3.05) is 13.1 Å². The number of rotatable bonds is 4. The van der Waals surface area contributed by atoms with Gasteiger partial charge in [-0.2, -0.15) is 0 Å². The monoisotopic (exact) mass is 272 g/mol. The van der Waals surface area contributed by atoms with Crippen molar-refractivity contribution >= 4 is 11.8 Å². The average molecular weight is 272 g/mol. The van der Waals surface area contributed by atoms with Crippen molar-refractivity contribution in [2.24, 2.45) is 5.41 Å². The Bertz CT molecular complexity index is 523. The number of nitrogens with one attached hydrogen (secondary N) is 1. The molecule has 1 aliphatic carbocycles. The molecule has 1 aromatic rings. The molecule has 106 valence electrons. The highest BCUT2D eigenvalue weighted by atomic mass is 16.2. The molecule has 1 unspecified atom stereocenters. The van der Waals surface area contributed by atoms with Crippen molar-refractivity contribution in [1.29, 1.82) is 0 Å².